The smallest absolute Gasteiger partial charge is 0.266 e. The Labute approximate surface area is 209 Å². The third kappa shape index (κ3) is 6.45. The van der Waals surface area contributed by atoms with E-state index in [4.69, 9.17) is 9.47 Å². The molecule has 4 rings (SSSR count). The van der Waals surface area contributed by atoms with Gasteiger partial charge in [0.15, 0.2) is 21.6 Å². The largest absolute Gasteiger partial charge is 0.484 e. The number of carbonyl (C=O) groups is 1. The lowest BCUT2D eigenvalue weighted by atomic mass is 10.2. The zero-order valence-electron chi connectivity index (χ0n) is 19.1. The number of morpholine rings is 1. The van der Waals surface area contributed by atoms with Crippen LogP contribution in [0.25, 0.3) is 10.2 Å². The molecule has 1 aromatic heterocycles. The highest BCUT2D eigenvalue weighted by Gasteiger charge is 2.24. The van der Waals surface area contributed by atoms with E-state index in [1.54, 1.807) is 17.0 Å². The van der Waals surface area contributed by atoms with E-state index < -0.39 is 9.84 Å². The first-order chi connectivity index (χ1) is 15.8. The predicted molar refractivity (Wildman–Crippen MR) is 136 cm³/mol. The number of sulfone groups is 1. The number of ether oxygens (including phenoxy) is 2. The van der Waals surface area contributed by atoms with Crippen molar-refractivity contribution in [1.29, 1.82) is 0 Å². The number of para-hydroxylation sites is 1. The maximum Gasteiger partial charge on any atom is 0.266 e. The van der Waals surface area contributed by atoms with Gasteiger partial charge in [-0.1, -0.05) is 35.1 Å². The van der Waals surface area contributed by atoms with Gasteiger partial charge in [0.25, 0.3) is 5.91 Å². The standard InChI is InChI=1S/C23H27N3O5S2.ClH/c1-17-6-8-18(9-7-17)31-16-21(27)26(11-10-25-12-14-30-15-13-25)23-24-22-19(32-23)4-3-5-20(22)33(2,28)29;/h3-9H,10-16H2,1-2H3;1H. The van der Waals surface area contributed by atoms with Gasteiger partial charge >= 0.3 is 0 Å². The van der Waals surface area contributed by atoms with Crippen LogP contribution in [0.15, 0.2) is 47.4 Å². The molecule has 184 valence electrons. The van der Waals surface area contributed by atoms with Crippen molar-refractivity contribution in [3.05, 3.63) is 48.0 Å². The van der Waals surface area contributed by atoms with Gasteiger partial charge in [-0.3, -0.25) is 14.6 Å². The Bertz CT molecular complexity index is 1230. The summed E-state index contributed by atoms with van der Waals surface area (Å²) in [6, 6.07) is 12.6. The summed E-state index contributed by atoms with van der Waals surface area (Å²) in [7, 11) is -3.45. The second kappa shape index (κ2) is 11.5. The van der Waals surface area contributed by atoms with Gasteiger partial charge in [-0.2, -0.15) is 0 Å². The molecule has 3 aromatic rings. The Morgan fingerprint density at radius 3 is 2.56 bits per heavy atom. The summed E-state index contributed by atoms with van der Waals surface area (Å²) >= 11 is 1.30. The molecule has 1 saturated heterocycles. The molecule has 1 fully saturated rings. The topological polar surface area (TPSA) is 89.0 Å². The highest BCUT2D eigenvalue weighted by molar-refractivity contribution is 7.91. The number of rotatable bonds is 8. The molecular weight excluding hydrogens is 498 g/mol. The number of benzene rings is 2. The average Bonchev–Trinajstić information content (AvgIpc) is 3.22. The van der Waals surface area contributed by atoms with Crippen LogP contribution in [-0.2, 0) is 19.4 Å². The molecular formula is C23H28ClN3O5S2. The molecule has 1 amide bonds. The van der Waals surface area contributed by atoms with E-state index in [2.05, 4.69) is 9.88 Å². The minimum Gasteiger partial charge on any atom is -0.484 e. The van der Waals surface area contributed by atoms with Crippen LogP contribution >= 0.6 is 23.7 Å². The van der Waals surface area contributed by atoms with Gasteiger partial charge in [0.1, 0.15) is 11.3 Å². The van der Waals surface area contributed by atoms with Crippen LogP contribution in [0.5, 0.6) is 5.75 Å². The second-order valence-electron chi connectivity index (χ2n) is 7.97. The van der Waals surface area contributed by atoms with Crippen molar-refractivity contribution < 1.29 is 22.7 Å². The zero-order valence-corrected chi connectivity index (χ0v) is 21.5. The fourth-order valence-corrected chi connectivity index (χ4v) is 5.51. The highest BCUT2D eigenvalue weighted by atomic mass is 35.5. The molecule has 0 aliphatic carbocycles. The van der Waals surface area contributed by atoms with Gasteiger partial charge in [0.2, 0.25) is 0 Å². The van der Waals surface area contributed by atoms with Crippen molar-refractivity contribution in [3.63, 3.8) is 0 Å². The van der Waals surface area contributed by atoms with Crippen LogP contribution < -0.4 is 9.64 Å². The number of amides is 1. The van der Waals surface area contributed by atoms with E-state index in [-0.39, 0.29) is 29.8 Å². The Kier molecular flexibility index (Phi) is 8.89. The van der Waals surface area contributed by atoms with Gasteiger partial charge in [0, 0.05) is 32.4 Å². The molecule has 0 atom stereocenters. The number of hydrogen-bond donors (Lipinski definition) is 0. The molecule has 1 aliphatic heterocycles. The van der Waals surface area contributed by atoms with Crippen LogP contribution in [0.2, 0.25) is 0 Å². The lowest BCUT2D eigenvalue weighted by Gasteiger charge is -2.29. The molecule has 2 aromatic carbocycles. The van der Waals surface area contributed by atoms with Crippen LogP contribution in [-0.4, -0.2) is 76.5 Å². The molecule has 2 heterocycles. The number of halogens is 1. The monoisotopic (exact) mass is 525 g/mol. The van der Waals surface area contributed by atoms with Gasteiger partial charge in [-0.15, -0.1) is 12.4 Å². The predicted octanol–water partition coefficient (Wildman–Crippen LogP) is 3.17. The Morgan fingerprint density at radius 2 is 1.88 bits per heavy atom. The molecule has 34 heavy (non-hydrogen) atoms. The Morgan fingerprint density at radius 1 is 1.18 bits per heavy atom. The van der Waals surface area contributed by atoms with Gasteiger partial charge in [-0.25, -0.2) is 13.4 Å². The number of nitrogens with zero attached hydrogens (tertiary/aromatic N) is 3. The highest BCUT2D eigenvalue weighted by Crippen LogP contribution is 2.32. The summed E-state index contributed by atoms with van der Waals surface area (Å²) in [6.45, 7) is 5.88. The van der Waals surface area contributed by atoms with Crippen molar-refractivity contribution in [3.8, 4) is 5.75 Å². The first-order valence-corrected chi connectivity index (χ1v) is 13.4. The summed E-state index contributed by atoms with van der Waals surface area (Å²) in [6.07, 6.45) is 1.16. The van der Waals surface area contributed by atoms with Crippen molar-refractivity contribution in [2.45, 2.75) is 11.8 Å². The van der Waals surface area contributed by atoms with Gasteiger partial charge < -0.3 is 9.47 Å². The quantitative estimate of drug-likeness (QED) is 0.446. The number of aromatic nitrogens is 1. The van der Waals surface area contributed by atoms with Gasteiger partial charge in [-0.05, 0) is 31.2 Å². The third-order valence-electron chi connectivity index (χ3n) is 5.43. The number of aryl methyl sites for hydroxylation is 1. The van der Waals surface area contributed by atoms with Crippen LogP contribution in [0.1, 0.15) is 5.56 Å². The van der Waals surface area contributed by atoms with Crippen molar-refractivity contribution in [2.75, 3.05) is 57.2 Å². The second-order valence-corrected chi connectivity index (χ2v) is 11.0. The summed E-state index contributed by atoms with van der Waals surface area (Å²) in [4.78, 5) is 21.8. The third-order valence-corrected chi connectivity index (χ3v) is 7.60. The lowest BCUT2D eigenvalue weighted by molar-refractivity contribution is -0.120. The number of carbonyl (C=O) groups excluding carboxylic acids is 1. The minimum atomic E-state index is -3.45. The number of fused-ring (bicyclic) bond motifs is 1. The molecule has 0 N–H and O–H groups in total. The number of thiazole rings is 1. The number of anilines is 1. The molecule has 1 aliphatic rings. The summed E-state index contributed by atoms with van der Waals surface area (Å²) in [5.41, 5.74) is 1.50. The maximum absolute atomic E-state index is 13.2. The van der Waals surface area contributed by atoms with E-state index in [9.17, 15) is 13.2 Å². The SMILES string of the molecule is Cc1ccc(OCC(=O)N(CCN2CCOCC2)c2nc3c(S(C)(=O)=O)cccc3s2)cc1.Cl. The summed E-state index contributed by atoms with van der Waals surface area (Å²) < 4.78 is 36.3. The van der Waals surface area contributed by atoms with E-state index in [0.717, 1.165) is 29.6 Å². The van der Waals surface area contributed by atoms with Crippen molar-refractivity contribution >= 4 is 54.8 Å². The molecule has 0 saturated carbocycles. The summed E-state index contributed by atoms with van der Waals surface area (Å²) in [5.74, 6) is 0.384. The van der Waals surface area contributed by atoms with Crippen molar-refractivity contribution in [2.24, 2.45) is 0 Å². The van der Waals surface area contributed by atoms with Gasteiger partial charge in [0.05, 0.1) is 22.8 Å². The molecule has 0 unspecified atom stereocenters. The van der Waals surface area contributed by atoms with Crippen LogP contribution in [0, 0.1) is 6.92 Å². The van der Waals surface area contributed by atoms with Crippen molar-refractivity contribution in [1.82, 2.24) is 9.88 Å². The zero-order chi connectivity index (χ0) is 23.4. The molecule has 0 radical (unpaired) electrons. The first-order valence-electron chi connectivity index (χ1n) is 10.7. The van der Waals surface area contributed by atoms with E-state index in [0.29, 0.717) is 42.7 Å². The fraction of sp³-hybridized carbons (Fsp3) is 0.391. The average molecular weight is 526 g/mol. The normalized spacial score (nSPS) is 14.5. The molecule has 8 nitrogen and oxygen atoms in total. The minimum absolute atomic E-state index is 0. The van der Waals surface area contributed by atoms with Crippen LogP contribution in [0.3, 0.4) is 0 Å². The Balaban J connectivity index is 0.00000324. The molecule has 0 bridgehead atoms. The van der Waals surface area contributed by atoms with E-state index in [1.807, 2.05) is 37.3 Å². The maximum atomic E-state index is 13.2. The van der Waals surface area contributed by atoms with E-state index in [1.165, 1.54) is 11.3 Å². The first kappa shape index (κ1) is 26.4. The van der Waals surface area contributed by atoms with Crippen LogP contribution in [0.4, 0.5) is 5.13 Å². The fourth-order valence-electron chi connectivity index (χ4n) is 3.58. The molecule has 0 spiro atoms. The number of hydrogen-bond acceptors (Lipinski definition) is 8. The lowest BCUT2D eigenvalue weighted by Crippen LogP contribution is -2.44. The Hall–Kier alpha value is -2.24. The van der Waals surface area contributed by atoms with E-state index >= 15 is 0 Å². The molecule has 11 heteroatoms. The summed E-state index contributed by atoms with van der Waals surface area (Å²) in [5, 5.41) is 0.465.